The lowest BCUT2D eigenvalue weighted by Crippen LogP contribution is -2.35. The number of sulfonamides is 1. The lowest BCUT2D eigenvalue weighted by molar-refractivity contribution is -0.119. The average molecular weight is 485 g/mol. The molecular weight excluding hydrogens is 463 g/mol. The van der Waals surface area contributed by atoms with Crippen LogP contribution in [-0.2, 0) is 19.6 Å². The van der Waals surface area contributed by atoms with E-state index < -0.39 is 28.5 Å². The van der Waals surface area contributed by atoms with Gasteiger partial charge in [0.15, 0.2) is 6.61 Å². The van der Waals surface area contributed by atoms with E-state index in [2.05, 4.69) is 5.32 Å². The van der Waals surface area contributed by atoms with Crippen LogP contribution in [0.25, 0.3) is 0 Å². The molecule has 1 heterocycles. The topological polar surface area (TPSA) is 92.8 Å². The Kier molecular flexibility index (Phi) is 7.59. The predicted octanol–water partition coefficient (Wildman–Crippen LogP) is 4.27. The van der Waals surface area contributed by atoms with E-state index in [4.69, 9.17) is 27.9 Å². The van der Waals surface area contributed by atoms with Crippen LogP contribution in [0.5, 0.6) is 0 Å². The zero-order valence-corrected chi connectivity index (χ0v) is 19.2. The summed E-state index contributed by atoms with van der Waals surface area (Å²) < 4.78 is 32.2. The van der Waals surface area contributed by atoms with E-state index in [-0.39, 0.29) is 15.5 Å². The number of benzene rings is 2. The van der Waals surface area contributed by atoms with Gasteiger partial charge in [0, 0.05) is 23.8 Å². The van der Waals surface area contributed by atoms with Gasteiger partial charge in [-0.15, -0.1) is 0 Å². The number of esters is 1. The second kappa shape index (κ2) is 9.99. The van der Waals surface area contributed by atoms with Crippen LogP contribution in [-0.4, -0.2) is 44.3 Å². The molecule has 0 atom stereocenters. The minimum Gasteiger partial charge on any atom is -0.452 e. The van der Waals surface area contributed by atoms with Crippen molar-refractivity contribution in [3.63, 3.8) is 0 Å². The highest BCUT2D eigenvalue weighted by atomic mass is 35.5. The number of halogens is 2. The Hall–Kier alpha value is -2.13. The number of carbonyl (C=O) groups is 2. The summed E-state index contributed by atoms with van der Waals surface area (Å²) in [5.74, 6) is -1.37. The number of aryl methyl sites for hydroxylation is 1. The van der Waals surface area contributed by atoms with Gasteiger partial charge >= 0.3 is 5.97 Å². The summed E-state index contributed by atoms with van der Waals surface area (Å²) in [6.07, 6.45) is 2.68. The quantitative estimate of drug-likeness (QED) is 0.617. The maximum atomic E-state index is 12.9. The van der Waals surface area contributed by atoms with Gasteiger partial charge in [-0.3, -0.25) is 4.79 Å². The van der Waals surface area contributed by atoms with Crippen LogP contribution in [0.15, 0.2) is 41.3 Å². The molecule has 1 saturated heterocycles. The van der Waals surface area contributed by atoms with Gasteiger partial charge in [-0.25, -0.2) is 13.2 Å². The van der Waals surface area contributed by atoms with Crippen LogP contribution in [0.1, 0.15) is 35.2 Å². The van der Waals surface area contributed by atoms with Gasteiger partial charge in [-0.1, -0.05) is 35.7 Å². The van der Waals surface area contributed by atoms with Gasteiger partial charge in [-0.2, -0.15) is 4.31 Å². The Balaban J connectivity index is 1.67. The van der Waals surface area contributed by atoms with Crippen molar-refractivity contribution >= 4 is 50.8 Å². The summed E-state index contributed by atoms with van der Waals surface area (Å²) in [5.41, 5.74) is 1.10. The minimum atomic E-state index is -3.64. The van der Waals surface area contributed by atoms with E-state index >= 15 is 0 Å². The molecule has 0 saturated carbocycles. The van der Waals surface area contributed by atoms with E-state index in [9.17, 15) is 18.0 Å². The van der Waals surface area contributed by atoms with Crippen molar-refractivity contribution in [1.29, 1.82) is 0 Å². The Morgan fingerprint density at radius 1 is 1.06 bits per heavy atom. The van der Waals surface area contributed by atoms with Crippen LogP contribution >= 0.6 is 23.2 Å². The van der Waals surface area contributed by atoms with Crippen LogP contribution in [0.4, 0.5) is 5.69 Å². The minimum absolute atomic E-state index is 0.0877. The van der Waals surface area contributed by atoms with Gasteiger partial charge in [0.25, 0.3) is 5.91 Å². The Morgan fingerprint density at radius 2 is 1.77 bits per heavy atom. The first kappa shape index (κ1) is 23.5. The van der Waals surface area contributed by atoms with Gasteiger partial charge in [0.05, 0.1) is 15.5 Å². The fraction of sp³-hybridized carbons (Fsp3) is 0.333. The van der Waals surface area contributed by atoms with Crippen LogP contribution in [0, 0.1) is 6.92 Å². The molecule has 0 radical (unpaired) electrons. The van der Waals surface area contributed by atoms with E-state index in [0.717, 1.165) is 19.3 Å². The molecular formula is C21H22Cl2N2O5S. The highest BCUT2D eigenvalue weighted by molar-refractivity contribution is 7.89. The maximum Gasteiger partial charge on any atom is 0.340 e. The molecule has 31 heavy (non-hydrogen) atoms. The molecule has 2 aromatic rings. The number of piperidine rings is 1. The Labute approximate surface area is 191 Å². The van der Waals surface area contributed by atoms with Crippen LogP contribution in [0.3, 0.4) is 0 Å². The molecule has 10 heteroatoms. The highest BCUT2D eigenvalue weighted by Gasteiger charge is 2.26. The maximum absolute atomic E-state index is 12.9. The summed E-state index contributed by atoms with van der Waals surface area (Å²) in [6.45, 7) is 2.16. The number of hydrogen-bond donors (Lipinski definition) is 1. The lowest BCUT2D eigenvalue weighted by Gasteiger charge is -2.26. The Bertz CT molecular complexity index is 1100. The monoisotopic (exact) mass is 484 g/mol. The van der Waals surface area contributed by atoms with E-state index in [1.54, 1.807) is 13.0 Å². The van der Waals surface area contributed by atoms with Crippen molar-refractivity contribution in [2.24, 2.45) is 0 Å². The lowest BCUT2D eigenvalue weighted by atomic mass is 10.2. The number of nitrogens with one attached hydrogen (secondary N) is 1. The largest absolute Gasteiger partial charge is 0.452 e. The first-order valence-electron chi connectivity index (χ1n) is 9.71. The zero-order valence-electron chi connectivity index (χ0n) is 16.9. The molecule has 2 aromatic carbocycles. The molecule has 0 spiro atoms. The summed E-state index contributed by atoms with van der Waals surface area (Å²) in [7, 11) is -3.64. The molecule has 0 unspecified atom stereocenters. The molecule has 1 fully saturated rings. The predicted molar refractivity (Wildman–Crippen MR) is 119 cm³/mol. The molecule has 0 aliphatic carbocycles. The third kappa shape index (κ3) is 5.77. The van der Waals surface area contributed by atoms with Crippen molar-refractivity contribution < 1.29 is 22.7 Å². The molecule has 3 rings (SSSR count). The molecule has 1 aliphatic rings. The number of ether oxygens (including phenoxy) is 1. The normalized spacial score (nSPS) is 14.8. The number of nitrogens with zero attached hydrogens (tertiary/aromatic N) is 1. The summed E-state index contributed by atoms with van der Waals surface area (Å²) in [6, 6.07) is 8.88. The SMILES string of the molecule is Cc1ccc(S(=O)(=O)N2CCCCC2)cc1NC(=O)COC(=O)c1ccc(Cl)cc1Cl. The van der Waals surface area contributed by atoms with Crippen molar-refractivity contribution in [2.75, 3.05) is 25.0 Å². The number of carbonyl (C=O) groups excluding carboxylic acids is 2. The van der Waals surface area contributed by atoms with E-state index in [1.165, 1.54) is 34.6 Å². The standard InChI is InChI=1S/C21H22Cl2N2O5S/c1-14-5-7-16(31(28,29)25-9-3-2-4-10-25)12-19(14)24-20(26)13-30-21(27)17-8-6-15(22)11-18(17)23/h5-8,11-12H,2-4,9-10,13H2,1H3,(H,24,26). The third-order valence-electron chi connectivity index (χ3n) is 4.92. The van der Waals surface area contributed by atoms with Crippen molar-refractivity contribution in [1.82, 2.24) is 4.31 Å². The van der Waals surface area contributed by atoms with Gasteiger partial charge in [0.2, 0.25) is 10.0 Å². The third-order valence-corrected chi connectivity index (χ3v) is 7.36. The number of rotatable bonds is 6. The second-order valence-electron chi connectivity index (χ2n) is 7.19. The number of hydrogen-bond acceptors (Lipinski definition) is 5. The number of amides is 1. The zero-order chi connectivity index (χ0) is 22.6. The molecule has 7 nitrogen and oxygen atoms in total. The average Bonchev–Trinajstić information content (AvgIpc) is 2.74. The molecule has 0 aromatic heterocycles. The molecule has 1 N–H and O–H groups in total. The second-order valence-corrected chi connectivity index (χ2v) is 9.97. The smallest absolute Gasteiger partial charge is 0.340 e. The molecule has 166 valence electrons. The molecule has 0 bridgehead atoms. The van der Waals surface area contributed by atoms with Gasteiger partial charge < -0.3 is 10.1 Å². The van der Waals surface area contributed by atoms with Crippen molar-refractivity contribution in [3.05, 3.63) is 57.6 Å². The fourth-order valence-corrected chi connectivity index (χ4v) is 5.23. The van der Waals surface area contributed by atoms with Crippen LogP contribution in [0.2, 0.25) is 10.0 Å². The highest BCUT2D eigenvalue weighted by Crippen LogP contribution is 2.25. The molecule has 1 amide bonds. The first-order chi connectivity index (χ1) is 14.7. The summed E-state index contributed by atoms with van der Waals surface area (Å²) in [5, 5.41) is 3.09. The van der Waals surface area contributed by atoms with E-state index in [0.29, 0.717) is 29.4 Å². The van der Waals surface area contributed by atoms with Crippen molar-refractivity contribution in [3.8, 4) is 0 Å². The number of anilines is 1. The van der Waals surface area contributed by atoms with Crippen molar-refractivity contribution in [2.45, 2.75) is 31.1 Å². The summed E-state index contributed by atoms with van der Waals surface area (Å²) >= 11 is 11.8. The van der Waals surface area contributed by atoms with E-state index in [1.807, 2.05) is 0 Å². The summed E-state index contributed by atoms with van der Waals surface area (Å²) in [4.78, 5) is 24.6. The van der Waals surface area contributed by atoms with Gasteiger partial charge in [-0.05, 0) is 55.7 Å². The first-order valence-corrected chi connectivity index (χ1v) is 11.9. The van der Waals surface area contributed by atoms with Crippen LogP contribution < -0.4 is 5.32 Å². The Morgan fingerprint density at radius 3 is 2.45 bits per heavy atom. The fourth-order valence-electron chi connectivity index (χ4n) is 3.20. The van der Waals surface area contributed by atoms with Gasteiger partial charge in [0.1, 0.15) is 0 Å². The molecule has 1 aliphatic heterocycles.